The van der Waals surface area contributed by atoms with Crippen molar-refractivity contribution in [3.8, 4) is 11.6 Å². The molecule has 0 N–H and O–H groups in total. The second-order valence-electron chi connectivity index (χ2n) is 5.50. The van der Waals surface area contributed by atoms with Crippen molar-refractivity contribution in [3.05, 3.63) is 72.4 Å². The molecule has 0 unspecified atom stereocenters. The van der Waals surface area contributed by atoms with Crippen molar-refractivity contribution in [1.29, 1.82) is 0 Å². The van der Waals surface area contributed by atoms with Gasteiger partial charge < -0.3 is 14.0 Å². The first kappa shape index (κ1) is 18.4. The number of nitrogens with zero attached hydrogens (tertiary/aromatic N) is 3. The molecule has 0 spiro atoms. The first-order chi connectivity index (χ1) is 12.9. The summed E-state index contributed by atoms with van der Waals surface area (Å²) in [6.07, 6.45) is 1.81. The third-order valence-electron chi connectivity index (χ3n) is 3.46. The quantitative estimate of drug-likeness (QED) is 0.615. The van der Waals surface area contributed by atoms with Gasteiger partial charge in [-0.05, 0) is 23.8 Å². The summed E-state index contributed by atoms with van der Waals surface area (Å²) in [7, 11) is 0. The van der Waals surface area contributed by atoms with Crippen LogP contribution < -0.4 is 4.74 Å². The molecule has 0 amide bonds. The Morgan fingerprint density at radius 2 is 1.89 bits per heavy atom. The van der Waals surface area contributed by atoms with E-state index in [0.29, 0.717) is 0 Å². The van der Waals surface area contributed by atoms with Crippen molar-refractivity contribution < 1.29 is 27.4 Å². The number of halogens is 3. The van der Waals surface area contributed by atoms with Crippen LogP contribution in [0.5, 0.6) is 5.88 Å². The highest BCUT2D eigenvalue weighted by molar-refractivity contribution is 5.89. The van der Waals surface area contributed by atoms with Gasteiger partial charge in [-0.1, -0.05) is 12.1 Å². The maximum atomic E-state index is 12.1. The highest BCUT2D eigenvalue weighted by Crippen LogP contribution is 2.17. The van der Waals surface area contributed by atoms with E-state index in [1.54, 1.807) is 12.5 Å². The summed E-state index contributed by atoms with van der Waals surface area (Å²) in [5.74, 6) is -0.859. The summed E-state index contributed by atoms with van der Waals surface area (Å²) in [5.41, 5.74) is 1.82. The van der Waals surface area contributed by atoms with Gasteiger partial charge in [0.1, 0.15) is 6.61 Å². The summed E-state index contributed by atoms with van der Waals surface area (Å²) in [6, 6.07) is 9.83. The maximum Gasteiger partial charge on any atom is 0.422 e. The lowest BCUT2D eigenvalue weighted by Crippen LogP contribution is -2.19. The summed E-state index contributed by atoms with van der Waals surface area (Å²) in [6.45, 7) is -1.39. The van der Waals surface area contributed by atoms with Gasteiger partial charge in [0.2, 0.25) is 5.88 Å². The Bertz CT molecular complexity index is 877. The number of aromatic nitrogens is 3. The van der Waals surface area contributed by atoms with E-state index >= 15 is 0 Å². The Morgan fingerprint density at radius 3 is 2.48 bits per heavy atom. The SMILES string of the molecule is O=C(OCc1ccc(-n2ccnc2)cc1)c1ccc(OCC(F)(F)F)nc1. The first-order valence-electron chi connectivity index (χ1n) is 7.81. The molecule has 6 nitrogen and oxygen atoms in total. The van der Waals surface area contributed by atoms with Gasteiger partial charge >= 0.3 is 12.1 Å². The number of esters is 1. The third-order valence-corrected chi connectivity index (χ3v) is 3.46. The van der Waals surface area contributed by atoms with Crippen LogP contribution >= 0.6 is 0 Å². The Morgan fingerprint density at radius 1 is 1.11 bits per heavy atom. The lowest BCUT2D eigenvalue weighted by Gasteiger charge is -2.09. The van der Waals surface area contributed by atoms with Crippen molar-refractivity contribution in [3.63, 3.8) is 0 Å². The molecule has 2 heterocycles. The summed E-state index contributed by atoms with van der Waals surface area (Å²) < 4.78 is 47.8. The number of hydrogen-bond acceptors (Lipinski definition) is 5. The van der Waals surface area contributed by atoms with Crippen LogP contribution in [0.3, 0.4) is 0 Å². The molecular formula is C18H14F3N3O3. The van der Waals surface area contributed by atoms with Crippen molar-refractivity contribution in [1.82, 2.24) is 14.5 Å². The van der Waals surface area contributed by atoms with Crippen LogP contribution in [0.25, 0.3) is 5.69 Å². The molecule has 0 saturated carbocycles. The van der Waals surface area contributed by atoms with E-state index in [1.807, 2.05) is 35.0 Å². The molecule has 0 saturated heterocycles. The minimum absolute atomic E-state index is 0.0510. The number of pyridine rings is 1. The van der Waals surface area contributed by atoms with Gasteiger partial charge in [0.05, 0.1) is 11.9 Å². The van der Waals surface area contributed by atoms with E-state index in [2.05, 4.69) is 14.7 Å². The molecule has 0 aliphatic carbocycles. The molecule has 27 heavy (non-hydrogen) atoms. The zero-order chi connectivity index (χ0) is 19.3. The molecule has 2 aromatic heterocycles. The van der Waals surface area contributed by atoms with Crippen LogP contribution in [-0.2, 0) is 11.3 Å². The lowest BCUT2D eigenvalue weighted by atomic mass is 10.2. The fourth-order valence-corrected chi connectivity index (χ4v) is 2.15. The summed E-state index contributed by atoms with van der Waals surface area (Å²) in [5, 5.41) is 0. The van der Waals surface area contributed by atoms with Crippen LogP contribution in [0, 0.1) is 0 Å². The van der Waals surface area contributed by atoms with E-state index in [4.69, 9.17) is 4.74 Å². The number of ether oxygens (including phenoxy) is 2. The Labute approximate surface area is 152 Å². The van der Waals surface area contributed by atoms with Gasteiger partial charge in [-0.15, -0.1) is 0 Å². The smallest absolute Gasteiger partial charge is 0.422 e. The van der Waals surface area contributed by atoms with E-state index in [9.17, 15) is 18.0 Å². The molecule has 3 aromatic rings. The molecule has 9 heteroatoms. The highest BCUT2D eigenvalue weighted by atomic mass is 19.4. The van der Waals surface area contributed by atoms with Gasteiger partial charge in [-0.3, -0.25) is 0 Å². The second-order valence-corrected chi connectivity index (χ2v) is 5.50. The first-order valence-corrected chi connectivity index (χ1v) is 7.81. The standard InChI is InChI=1S/C18H14F3N3O3/c19-18(20,21)11-27-16-6-3-14(9-23-16)17(25)26-10-13-1-4-15(5-2-13)24-8-7-22-12-24/h1-9,12H,10-11H2. The van der Waals surface area contributed by atoms with Crippen LogP contribution in [0.2, 0.25) is 0 Å². The minimum Gasteiger partial charge on any atom is -0.468 e. The molecule has 0 fully saturated rings. The minimum atomic E-state index is -4.45. The normalized spacial score (nSPS) is 11.2. The van der Waals surface area contributed by atoms with Crippen molar-refractivity contribution >= 4 is 5.97 Å². The van der Waals surface area contributed by atoms with Crippen molar-refractivity contribution in [2.24, 2.45) is 0 Å². The zero-order valence-corrected chi connectivity index (χ0v) is 13.9. The monoisotopic (exact) mass is 377 g/mol. The summed E-state index contributed by atoms with van der Waals surface area (Å²) >= 11 is 0. The fraction of sp³-hybridized carbons (Fsp3) is 0.167. The van der Waals surface area contributed by atoms with Crippen LogP contribution in [0.4, 0.5) is 13.2 Å². The zero-order valence-electron chi connectivity index (χ0n) is 13.9. The predicted octanol–water partition coefficient (Wildman–Crippen LogP) is 3.57. The predicted molar refractivity (Wildman–Crippen MR) is 88.5 cm³/mol. The van der Waals surface area contributed by atoms with Crippen LogP contribution in [0.15, 0.2) is 61.3 Å². The van der Waals surface area contributed by atoms with Gasteiger partial charge in [0.25, 0.3) is 0 Å². The number of rotatable bonds is 6. The molecule has 0 aliphatic rings. The largest absolute Gasteiger partial charge is 0.468 e. The molecule has 0 atom stereocenters. The van der Waals surface area contributed by atoms with E-state index in [0.717, 1.165) is 17.4 Å². The molecule has 0 radical (unpaired) electrons. The van der Waals surface area contributed by atoms with Gasteiger partial charge in [0, 0.05) is 30.3 Å². The average Bonchev–Trinajstić information content (AvgIpc) is 3.19. The fourth-order valence-electron chi connectivity index (χ4n) is 2.15. The van der Waals surface area contributed by atoms with Crippen molar-refractivity contribution in [2.75, 3.05) is 6.61 Å². The van der Waals surface area contributed by atoms with Crippen molar-refractivity contribution in [2.45, 2.75) is 12.8 Å². The Balaban J connectivity index is 1.53. The maximum absolute atomic E-state index is 12.1. The molecule has 3 rings (SSSR count). The number of carbonyl (C=O) groups excluding carboxylic acids is 1. The molecular weight excluding hydrogens is 363 g/mol. The van der Waals surface area contributed by atoms with Gasteiger partial charge in [0.15, 0.2) is 6.61 Å². The third kappa shape index (κ3) is 5.30. The summed E-state index contributed by atoms with van der Waals surface area (Å²) in [4.78, 5) is 19.6. The Hall–Kier alpha value is -3.36. The van der Waals surface area contributed by atoms with Gasteiger partial charge in [-0.2, -0.15) is 13.2 Å². The van der Waals surface area contributed by atoms with Crippen LogP contribution in [0.1, 0.15) is 15.9 Å². The molecule has 0 bridgehead atoms. The molecule has 140 valence electrons. The van der Waals surface area contributed by atoms with Gasteiger partial charge in [-0.25, -0.2) is 14.8 Å². The number of benzene rings is 1. The second kappa shape index (κ2) is 7.90. The van der Waals surface area contributed by atoms with Crippen LogP contribution in [-0.4, -0.2) is 33.3 Å². The average molecular weight is 377 g/mol. The van der Waals surface area contributed by atoms with E-state index in [1.165, 1.54) is 12.1 Å². The topological polar surface area (TPSA) is 66.2 Å². The Kier molecular flexibility index (Phi) is 5.39. The highest BCUT2D eigenvalue weighted by Gasteiger charge is 2.28. The van der Waals surface area contributed by atoms with E-state index in [-0.39, 0.29) is 18.1 Å². The number of hydrogen-bond donors (Lipinski definition) is 0. The number of carbonyl (C=O) groups is 1. The number of alkyl halides is 3. The molecule has 1 aromatic carbocycles. The molecule has 0 aliphatic heterocycles. The number of imidazole rings is 1. The van der Waals surface area contributed by atoms with E-state index < -0.39 is 18.8 Å². The lowest BCUT2D eigenvalue weighted by molar-refractivity contribution is -0.154.